The summed E-state index contributed by atoms with van der Waals surface area (Å²) in [6, 6.07) is 15.9. The van der Waals surface area contributed by atoms with E-state index in [9.17, 15) is 13.2 Å². The Bertz CT molecular complexity index is 1170. The summed E-state index contributed by atoms with van der Waals surface area (Å²) in [5, 5.41) is 7.29. The van der Waals surface area contributed by atoms with Crippen molar-refractivity contribution in [3.05, 3.63) is 71.5 Å². The zero-order valence-corrected chi connectivity index (χ0v) is 17.0. The molecule has 4 rings (SSSR count). The lowest BCUT2D eigenvalue weighted by Gasteiger charge is -2.09. The second kappa shape index (κ2) is 7.46. The number of nitrogens with zero attached hydrogens (tertiary/aromatic N) is 2. The molecule has 29 heavy (non-hydrogen) atoms. The summed E-state index contributed by atoms with van der Waals surface area (Å²) in [5.41, 5.74) is 3.07. The third-order valence-electron chi connectivity index (χ3n) is 4.82. The Morgan fingerprint density at radius 1 is 1.07 bits per heavy atom. The molecule has 1 heterocycles. The second-order valence-corrected chi connectivity index (χ2v) is 8.88. The van der Waals surface area contributed by atoms with Gasteiger partial charge in [-0.1, -0.05) is 24.3 Å². The van der Waals surface area contributed by atoms with Gasteiger partial charge in [0.2, 0.25) is 10.0 Å². The Kier molecular flexibility index (Phi) is 4.97. The molecule has 0 radical (unpaired) electrons. The number of hydrogen-bond donors (Lipinski definition) is 2. The van der Waals surface area contributed by atoms with Crippen molar-refractivity contribution in [1.82, 2.24) is 14.5 Å². The SMILES string of the molecule is Cc1nn(-c2ccccc2)c(C)c1C(=O)Nc1cccc(S(=O)(=O)NC2CC2)c1. The van der Waals surface area contributed by atoms with Gasteiger partial charge in [-0.15, -0.1) is 0 Å². The molecule has 0 aliphatic heterocycles. The first-order valence-corrected chi connectivity index (χ1v) is 10.9. The molecule has 1 saturated carbocycles. The van der Waals surface area contributed by atoms with Crippen LogP contribution >= 0.6 is 0 Å². The number of aromatic nitrogens is 2. The van der Waals surface area contributed by atoms with Crippen LogP contribution in [0.25, 0.3) is 5.69 Å². The van der Waals surface area contributed by atoms with E-state index in [1.807, 2.05) is 37.3 Å². The third-order valence-corrected chi connectivity index (χ3v) is 6.34. The molecule has 1 aliphatic carbocycles. The highest BCUT2D eigenvalue weighted by Crippen LogP contribution is 2.24. The van der Waals surface area contributed by atoms with E-state index >= 15 is 0 Å². The van der Waals surface area contributed by atoms with Gasteiger partial charge in [0, 0.05) is 11.7 Å². The molecule has 1 amide bonds. The normalized spacial score (nSPS) is 14.0. The zero-order valence-electron chi connectivity index (χ0n) is 16.2. The first-order valence-electron chi connectivity index (χ1n) is 9.40. The fourth-order valence-corrected chi connectivity index (χ4v) is 4.57. The molecule has 150 valence electrons. The molecule has 1 aromatic heterocycles. The van der Waals surface area contributed by atoms with Crippen molar-refractivity contribution >= 4 is 21.6 Å². The molecule has 8 heteroatoms. The average Bonchev–Trinajstić information content (AvgIpc) is 3.44. The average molecular weight is 410 g/mol. The fourth-order valence-electron chi connectivity index (χ4n) is 3.22. The fraction of sp³-hybridized carbons (Fsp3) is 0.238. The van der Waals surface area contributed by atoms with Crippen LogP contribution in [0.4, 0.5) is 5.69 Å². The molecule has 0 atom stereocenters. The minimum Gasteiger partial charge on any atom is -0.322 e. The van der Waals surface area contributed by atoms with Crippen LogP contribution in [0.5, 0.6) is 0 Å². The summed E-state index contributed by atoms with van der Waals surface area (Å²) in [6.07, 6.45) is 1.72. The van der Waals surface area contributed by atoms with Crippen LogP contribution < -0.4 is 10.0 Å². The van der Waals surface area contributed by atoms with Gasteiger partial charge in [-0.05, 0) is 57.0 Å². The number of nitrogens with one attached hydrogen (secondary N) is 2. The Balaban J connectivity index is 1.59. The van der Waals surface area contributed by atoms with Gasteiger partial charge in [0.05, 0.1) is 27.5 Å². The van der Waals surface area contributed by atoms with Crippen molar-refractivity contribution in [1.29, 1.82) is 0 Å². The summed E-state index contributed by atoms with van der Waals surface area (Å²) in [6.45, 7) is 3.62. The number of amides is 1. The maximum absolute atomic E-state index is 12.9. The van der Waals surface area contributed by atoms with Gasteiger partial charge in [-0.25, -0.2) is 17.8 Å². The van der Waals surface area contributed by atoms with Crippen molar-refractivity contribution in [2.45, 2.75) is 37.6 Å². The van der Waals surface area contributed by atoms with Crippen LogP contribution in [0.3, 0.4) is 0 Å². The lowest BCUT2D eigenvalue weighted by atomic mass is 10.1. The molecule has 0 bridgehead atoms. The zero-order chi connectivity index (χ0) is 20.6. The number of rotatable bonds is 6. The van der Waals surface area contributed by atoms with Crippen molar-refractivity contribution in [2.75, 3.05) is 5.32 Å². The number of benzene rings is 2. The van der Waals surface area contributed by atoms with Crippen molar-refractivity contribution in [3.63, 3.8) is 0 Å². The van der Waals surface area contributed by atoms with Gasteiger partial charge in [0.25, 0.3) is 5.91 Å². The standard InChI is InChI=1S/C21H22N4O3S/c1-14-20(15(2)25(23-14)18-8-4-3-5-9-18)21(26)22-17-7-6-10-19(13-17)29(27,28)24-16-11-12-16/h3-10,13,16,24H,11-12H2,1-2H3,(H,22,26). The van der Waals surface area contributed by atoms with Crippen molar-refractivity contribution < 1.29 is 13.2 Å². The van der Waals surface area contributed by atoms with E-state index in [1.54, 1.807) is 23.7 Å². The Labute approximate surface area is 169 Å². The maximum atomic E-state index is 12.9. The maximum Gasteiger partial charge on any atom is 0.259 e. The van der Waals surface area contributed by atoms with Gasteiger partial charge >= 0.3 is 0 Å². The second-order valence-electron chi connectivity index (χ2n) is 7.17. The molecule has 3 aromatic rings. The molecular formula is C21H22N4O3S. The van der Waals surface area contributed by atoms with Crippen molar-refractivity contribution in [3.8, 4) is 5.69 Å². The molecule has 1 aliphatic rings. The quantitative estimate of drug-likeness (QED) is 0.653. The lowest BCUT2D eigenvalue weighted by Crippen LogP contribution is -2.25. The van der Waals surface area contributed by atoms with Gasteiger partial charge in [-0.3, -0.25) is 4.79 Å². The minimum absolute atomic E-state index is 0.0207. The highest BCUT2D eigenvalue weighted by molar-refractivity contribution is 7.89. The van der Waals surface area contributed by atoms with Crippen LogP contribution in [-0.4, -0.2) is 30.1 Å². The van der Waals surface area contributed by atoms with E-state index in [2.05, 4.69) is 15.1 Å². The van der Waals surface area contributed by atoms with Gasteiger partial charge in [0.15, 0.2) is 0 Å². The van der Waals surface area contributed by atoms with Gasteiger partial charge in [0.1, 0.15) is 0 Å². The summed E-state index contributed by atoms with van der Waals surface area (Å²) in [4.78, 5) is 13.1. The Morgan fingerprint density at radius 2 is 1.79 bits per heavy atom. The summed E-state index contributed by atoms with van der Waals surface area (Å²) >= 11 is 0. The van der Waals surface area contributed by atoms with Crippen LogP contribution in [-0.2, 0) is 10.0 Å². The third kappa shape index (κ3) is 4.08. The van der Waals surface area contributed by atoms with E-state index in [4.69, 9.17) is 0 Å². The van der Waals surface area contributed by atoms with E-state index in [-0.39, 0.29) is 16.8 Å². The summed E-state index contributed by atoms with van der Waals surface area (Å²) in [7, 11) is -3.59. The number of sulfonamides is 1. The predicted molar refractivity (Wildman–Crippen MR) is 111 cm³/mol. The molecule has 0 saturated heterocycles. The molecule has 1 fully saturated rings. The molecular weight excluding hydrogens is 388 g/mol. The topological polar surface area (TPSA) is 93.1 Å². The van der Waals surface area contributed by atoms with Crippen LogP contribution in [0.2, 0.25) is 0 Å². The van der Waals surface area contributed by atoms with E-state index in [1.165, 1.54) is 12.1 Å². The first kappa shape index (κ1) is 19.4. The monoisotopic (exact) mass is 410 g/mol. The number of hydrogen-bond acceptors (Lipinski definition) is 4. The van der Waals surface area contributed by atoms with Crippen LogP contribution in [0.15, 0.2) is 59.5 Å². The van der Waals surface area contributed by atoms with E-state index in [0.29, 0.717) is 22.6 Å². The smallest absolute Gasteiger partial charge is 0.259 e. The predicted octanol–water partition coefficient (Wildman–Crippen LogP) is 3.18. The number of para-hydroxylation sites is 1. The number of carbonyl (C=O) groups excluding carboxylic acids is 1. The molecule has 0 unspecified atom stereocenters. The minimum atomic E-state index is -3.59. The first-order chi connectivity index (χ1) is 13.8. The van der Waals surface area contributed by atoms with E-state index in [0.717, 1.165) is 18.5 Å². The Hall–Kier alpha value is -2.97. The van der Waals surface area contributed by atoms with Gasteiger partial charge in [-0.2, -0.15) is 5.10 Å². The summed E-state index contributed by atoms with van der Waals surface area (Å²) < 4.78 is 29.2. The summed E-state index contributed by atoms with van der Waals surface area (Å²) in [5.74, 6) is -0.327. The molecule has 0 spiro atoms. The highest BCUT2D eigenvalue weighted by Gasteiger charge is 2.28. The number of carbonyl (C=O) groups is 1. The number of anilines is 1. The largest absolute Gasteiger partial charge is 0.322 e. The Morgan fingerprint density at radius 3 is 2.48 bits per heavy atom. The lowest BCUT2D eigenvalue weighted by molar-refractivity contribution is 0.102. The molecule has 7 nitrogen and oxygen atoms in total. The molecule has 2 N–H and O–H groups in total. The van der Waals surface area contributed by atoms with Crippen molar-refractivity contribution in [2.24, 2.45) is 0 Å². The van der Waals surface area contributed by atoms with Crippen LogP contribution in [0, 0.1) is 13.8 Å². The van der Waals surface area contributed by atoms with E-state index < -0.39 is 10.0 Å². The van der Waals surface area contributed by atoms with Crippen LogP contribution in [0.1, 0.15) is 34.6 Å². The molecule has 2 aromatic carbocycles. The number of aryl methyl sites for hydroxylation is 1. The van der Waals surface area contributed by atoms with Gasteiger partial charge < -0.3 is 5.32 Å². The highest BCUT2D eigenvalue weighted by atomic mass is 32.2.